The first kappa shape index (κ1) is 7.50. The summed E-state index contributed by atoms with van der Waals surface area (Å²) in [4.78, 5) is 15.7. The van der Waals surface area contributed by atoms with Gasteiger partial charge in [-0.2, -0.15) is 5.06 Å². The molecule has 0 aromatic carbocycles. The highest BCUT2D eigenvalue weighted by molar-refractivity contribution is 5.79. The van der Waals surface area contributed by atoms with Crippen molar-refractivity contribution in [2.24, 2.45) is 0 Å². The van der Waals surface area contributed by atoms with Gasteiger partial charge in [0.2, 0.25) is 0 Å². The molecular weight excluding hydrogens is 134 g/mol. The van der Waals surface area contributed by atoms with Crippen LogP contribution in [0.25, 0.3) is 0 Å². The molecule has 10 heavy (non-hydrogen) atoms. The molecule has 1 heterocycles. The van der Waals surface area contributed by atoms with Crippen LogP contribution >= 0.6 is 0 Å². The molecule has 0 aliphatic carbocycles. The average Bonchev–Trinajstić information content (AvgIpc) is 2.59. The molecule has 1 aliphatic heterocycles. The Balaban J connectivity index is 2.40. The molecule has 0 N–H and O–H groups in total. The lowest BCUT2D eigenvalue weighted by Crippen LogP contribution is -2.13. The second-order valence-corrected chi connectivity index (χ2v) is 2.25. The van der Waals surface area contributed by atoms with E-state index in [1.807, 2.05) is 6.92 Å². The molecule has 0 radical (unpaired) electrons. The summed E-state index contributed by atoms with van der Waals surface area (Å²) < 4.78 is 4.52. The lowest BCUT2D eigenvalue weighted by molar-refractivity contribution is -0.145. The van der Waals surface area contributed by atoms with Crippen molar-refractivity contribution < 1.29 is 14.4 Å². The molecule has 3 atom stereocenters. The maximum Gasteiger partial charge on any atom is 0.327 e. The van der Waals surface area contributed by atoms with Gasteiger partial charge in [-0.25, -0.2) is 0 Å². The minimum atomic E-state index is -0.227. The predicted molar refractivity (Wildman–Crippen MR) is 34.1 cm³/mol. The third-order valence-corrected chi connectivity index (χ3v) is 1.70. The van der Waals surface area contributed by atoms with Crippen molar-refractivity contribution >= 4 is 5.97 Å². The third-order valence-electron chi connectivity index (χ3n) is 1.70. The number of nitrogens with zero attached hydrogens (tertiary/aromatic N) is 1. The molecule has 1 aliphatic rings. The fraction of sp³-hybridized carbons (Fsp3) is 0.833. The van der Waals surface area contributed by atoms with Crippen molar-refractivity contribution in [3.63, 3.8) is 0 Å². The highest BCUT2D eigenvalue weighted by atomic mass is 16.7. The van der Waals surface area contributed by atoms with Gasteiger partial charge in [0.1, 0.15) is 0 Å². The molecule has 0 bridgehead atoms. The van der Waals surface area contributed by atoms with Crippen molar-refractivity contribution in [1.29, 1.82) is 0 Å². The maximum absolute atomic E-state index is 10.8. The Labute approximate surface area is 59.7 Å². The molecule has 4 nitrogen and oxygen atoms in total. The summed E-state index contributed by atoms with van der Waals surface area (Å²) in [5, 5.41) is 1.59. The summed E-state index contributed by atoms with van der Waals surface area (Å²) in [5.74, 6) is -0.227. The summed E-state index contributed by atoms with van der Waals surface area (Å²) in [5.41, 5.74) is 0. The number of rotatable bonds is 2. The van der Waals surface area contributed by atoms with Gasteiger partial charge in [-0.05, 0) is 6.92 Å². The molecule has 0 aromatic heterocycles. The van der Waals surface area contributed by atoms with E-state index in [0.29, 0.717) is 0 Å². The highest BCUT2D eigenvalue weighted by Crippen LogP contribution is 2.27. The summed E-state index contributed by atoms with van der Waals surface area (Å²) >= 11 is 0. The second-order valence-electron chi connectivity index (χ2n) is 2.25. The largest absolute Gasteiger partial charge is 0.468 e. The lowest BCUT2D eigenvalue weighted by Gasteiger charge is -1.96. The maximum atomic E-state index is 10.8. The number of carbonyl (C=O) groups is 1. The van der Waals surface area contributed by atoms with Crippen LogP contribution in [0.2, 0.25) is 0 Å². The van der Waals surface area contributed by atoms with Crippen molar-refractivity contribution in [1.82, 2.24) is 5.06 Å². The van der Waals surface area contributed by atoms with Crippen LogP contribution in [0.5, 0.6) is 0 Å². The Kier molecular flexibility index (Phi) is 1.92. The molecule has 1 fully saturated rings. The highest BCUT2D eigenvalue weighted by Gasteiger charge is 2.51. The Bertz CT molecular complexity index is 148. The van der Waals surface area contributed by atoms with Gasteiger partial charge in [-0.15, -0.1) is 0 Å². The molecule has 1 unspecified atom stereocenters. The van der Waals surface area contributed by atoms with E-state index in [0.717, 1.165) is 0 Å². The molecule has 0 aromatic rings. The van der Waals surface area contributed by atoms with Crippen LogP contribution < -0.4 is 0 Å². The molecule has 0 spiro atoms. The Morgan fingerprint density at radius 2 is 2.10 bits per heavy atom. The smallest absolute Gasteiger partial charge is 0.327 e. The zero-order chi connectivity index (χ0) is 7.72. The second kappa shape index (κ2) is 2.56. The van der Waals surface area contributed by atoms with Gasteiger partial charge in [0.15, 0.2) is 6.04 Å². The Hall–Kier alpha value is -0.610. The van der Waals surface area contributed by atoms with Gasteiger partial charge in [0, 0.05) is 0 Å². The van der Waals surface area contributed by atoms with Gasteiger partial charge in [0.25, 0.3) is 0 Å². The average molecular weight is 145 g/mol. The van der Waals surface area contributed by atoms with Gasteiger partial charge in [0.05, 0.1) is 20.3 Å². The van der Waals surface area contributed by atoms with E-state index in [-0.39, 0.29) is 18.1 Å². The fourth-order valence-corrected chi connectivity index (χ4v) is 1.02. The van der Waals surface area contributed by atoms with Crippen LogP contribution in [0, 0.1) is 0 Å². The Morgan fingerprint density at radius 1 is 1.50 bits per heavy atom. The zero-order valence-electron chi connectivity index (χ0n) is 6.33. The number of ether oxygens (including phenoxy) is 1. The molecule has 0 saturated carbocycles. The topological polar surface area (TPSA) is 38.5 Å². The van der Waals surface area contributed by atoms with Crippen molar-refractivity contribution in [3.05, 3.63) is 0 Å². The lowest BCUT2D eigenvalue weighted by atomic mass is 10.3. The summed E-state index contributed by atoms with van der Waals surface area (Å²) in [6.45, 7) is 1.91. The van der Waals surface area contributed by atoms with E-state index in [9.17, 15) is 4.79 Å². The summed E-state index contributed by atoms with van der Waals surface area (Å²) in [6, 6.07) is -0.0209. The fourth-order valence-electron chi connectivity index (χ4n) is 1.02. The molecule has 4 heteroatoms. The summed E-state index contributed by atoms with van der Waals surface area (Å²) in [6.07, 6.45) is 0. The standard InChI is InChI=1S/C6H11NO3/c1-4-5(6(8)9-2)7(4)10-3/h4-5H,1-3H3/t4-,5+,7?/m1/s1. The first-order valence-electron chi connectivity index (χ1n) is 3.12. The first-order chi connectivity index (χ1) is 4.72. The van der Waals surface area contributed by atoms with E-state index in [1.165, 1.54) is 7.11 Å². The van der Waals surface area contributed by atoms with E-state index < -0.39 is 0 Å². The minimum Gasteiger partial charge on any atom is -0.468 e. The van der Waals surface area contributed by atoms with Gasteiger partial charge < -0.3 is 9.57 Å². The number of hydrogen-bond donors (Lipinski definition) is 0. The van der Waals surface area contributed by atoms with Crippen LogP contribution in [-0.4, -0.2) is 37.3 Å². The number of hydroxylamine groups is 2. The molecule has 1 saturated heterocycles. The third kappa shape index (κ3) is 0.998. The van der Waals surface area contributed by atoms with Crippen molar-refractivity contribution in [2.75, 3.05) is 14.2 Å². The van der Waals surface area contributed by atoms with Crippen LogP contribution in [-0.2, 0) is 14.4 Å². The quantitative estimate of drug-likeness (QED) is 0.398. The van der Waals surface area contributed by atoms with E-state index in [4.69, 9.17) is 4.84 Å². The number of esters is 1. The van der Waals surface area contributed by atoms with E-state index >= 15 is 0 Å². The van der Waals surface area contributed by atoms with Gasteiger partial charge in [-0.3, -0.25) is 4.79 Å². The predicted octanol–water partition coefficient (Wildman–Crippen LogP) is -0.207. The number of hydrogen-bond acceptors (Lipinski definition) is 4. The zero-order valence-corrected chi connectivity index (χ0v) is 6.33. The minimum absolute atomic E-state index is 0.164. The van der Waals surface area contributed by atoms with Crippen LogP contribution in [0.15, 0.2) is 0 Å². The normalized spacial score (nSPS) is 37.3. The van der Waals surface area contributed by atoms with E-state index in [2.05, 4.69) is 4.74 Å². The molecule has 0 amide bonds. The number of carbonyl (C=O) groups excluding carboxylic acids is 1. The monoisotopic (exact) mass is 145 g/mol. The van der Waals surface area contributed by atoms with Gasteiger partial charge >= 0.3 is 5.97 Å². The van der Waals surface area contributed by atoms with E-state index in [1.54, 1.807) is 12.2 Å². The SMILES string of the molecule is COC(=O)[C@@H]1[C@@H](C)N1OC. The van der Waals surface area contributed by atoms with Crippen LogP contribution in [0.1, 0.15) is 6.92 Å². The van der Waals surface area contributed by atoms with Gasteiger partial charge in [-0.1, -0.05) is 0 Å². The van der Waals surface area contributed by atoms with Crippen molar-refractivity contribution in [3.8, 4) is 0 Å². The molecule has 58 valence electrons. The first-order valence-corrected chi connectivity index (χ1v) is 3.12. The molecular formula is C6H11NO3. The molecule has 1 rings (SSSR count). The van der Waals surface area contributed by atoms with Crippen LogP contribution in [0.4, 0.5) is 0 Å². The van der Waals surface area contributed by atoms with Crippen molar-refractivity contribution in [2.45, 2.75) is 19.0 Å². The van der Waals surface area contributed by atoms with Crippen LogP contribution in [0.3, 0.4) is 0 Å². The summed E-state index contributed by atoms with van der Waals surface area (Å²) in [7, 11) is 2.92. The number of methoxy groups -OCH3 is 1. The Morgan fingerprint density at radius 3 is 2.40 bits per heavy atom.